The van der Waals surface area contributed by atoms with Crippen LogP contribution >= 0.6 is 11.3 Å². The molecule has 3 aromatic rings. The van der Waals surface area contributed by atoms with Gasteiger partial charge in [0.2, 0.25) is 5.91 Å². The number of aromatic nitrogens is 1. The maximum atomic E-state index is 12.2. The van der Waals surface area contributed by atoms with Gasteiger partial charge in [0, 0.05) is 17.8 Å². The highest BCUT2D eigenvalue weighted by Crippen LogP contribution is 2.28. The van der Waals surface area contributed by atoms with Crippen LogP contribution in [-0.2, 0) is 4.79 Å². The number of urea groups is 1. The molecule has 0 radical (unpaired) electrons. The number of nitrogens with zero attached hydrogens (tertiary/aromatic N) is 1. The monoisotopic (exact) mass is 368 g/mol. The third kappa shape index (κ3) is 4.18. The van der Waals surface area contributed by atoms with E-state index in [-0.39, 0.29) is 11.9 Å². The lowest BCUT2D eigenvalue weighted by Crippen LogP contribution is -2.19. The Morgan fingerprint density at radius 2 is 1.65 bits per heavy atom. The van der Waals surface area contributed by atoms with Crippen LogP contribution < -0.4 is 16.0 Å². The van der Waals surface area contributed by atoms with Crippen molar-refractivity contribution >= 4 is 50.0 Å². The molecule has 26 heavy (non-hydrogen) atoms. The smallest absolute Gasteiger partial charge is 0.308 e. The largest absolute Gasteiger partial charge is 0.323 e. The van der Waals surface area contributed by atoms with Crippen molar-refractivity contribution in [2.75, 3.05) is 16.0 Å². The number of benzene rings is 2. The predicted molar refractivity (Wildman–Crippen MR) is 107 cm³/mol. The summed E-state index contributed by atoms with van der Waals surface area (Å²) in [6, 6.07) is 10.9. The van der Waals surface area contributed by atoms with Gasteiger partial charge in [-0.1, -0.05) is 24.3 Å². The lowest BCUT2D eigenvalue weighted by Gasteiger charge is -2.09. The normalized spacial score (nSPS) is 10.6. The molecule has 134 valence electrons. The fourth-order valence-corrected chi connectivity index (χ4v) is 3.30. The summed E-state index contributed by atoms with van der Waals surface area (Å²) in [5, 5.41) is 8.96. The highest BCUT2D eigenvalue weighted by molar-refractivity contribution is 7.22. The summed E-state index contributed by atoms with van der Waals surface area (Å²) >= 11 is 1.37. The Morgan fingerprint density at radius 3 is 2.35 bits per heavy atom. The molecule has 0 atom stereocenters. The van der Waals surface area contributed by atoms with E-state index >= 15 is 0 Å². The van der Waals surface area contributed by atoms with Crippen LogP contribution in [0, 0.1) is 13.8 Å². The predicted octanol–water partition coefficient (Wildman–Crippen LogP) is 4.91. The molecule has 1 heterocycles. The number of carbonyl (C=O) groups is 2. The first kappa shape index (κ1) is 17.9. The molecule has 0 saturated carbocycles. The van der Waals surface area contributed by atoms with Gasteiger partial charge >= 0.3 is 6.03 Å². The summed E-state index contributed by atoms with van der Waals surface area (Å²) in [4.78, 5) is 28.1. The van der Waals surface area contributed by atoms with Crippen molar-refractivity contribution in [2.45, 2.75) is 27.2 Å². The molecule has 6 nitrogen and oxygen atoms in total. The Bertz CT molecular complexity index is 981. The molecule has 0 aliphatic carbocycles. The first-order valence-electron chi connectivity index (χ1n) is 8.30. The fourth-order valence-electron chi connectivity index (χ4n) is 2.38. The SMILES string of the molecule is CCC(=O)Nc1nc2ccc(NC(=O)Nc3ccc(C)c(C)c3)cc2s1. The van der Waals surface area contributed by atoms with Crippen LogP contribution in [0.1, 0.15) is 24.5 Å². The summed E-state index contributed by atoms with van der Waals surface area (Å²) in [6.45, 7) is 5.82. The van der Waals surface area contributed by atoms with Crippen molar-refractivity contribution < 1.29 is 9.59 Å². The maximum absolute atomic E-state index is 12.2. The zero-order chi connectivity index (χ0) is 18.7. The van der Waals surface area contributed by atoms with Crippen LogP contribution in [0.3, 0.4) is 0 Å². The molecule has 3 amide bonds. The maximum Gasteiger partial charge on any atom is 0.323 e. The number of carbonyl (C=O) groups excluding carboxylic acids is 2. The van der Waals surface area contributed by atoms with Crippen LogP contribution in [0.4, 0.5) is 21.3 Å². The third-order valence-electron chi connectivity index (χ3n) is 3.98. The van der Waals surface area contributed by atoms with E-state index in [0.29, 0.717) is 17.2 Å². The first-order chi connectivity index (χ1) is 12.4. The summed E-state index contributed by atoms with van der Waals surface area (Å²) in [7, 11) is 0. The van der Waals surface area contributed by atoms with E-state index in [9.17, 15) is 9.59 Å². The topological polar surface area (TPSA) is 83.1 Å². The van der Waals surface area contributed by atoms with Gasteiger partial charge in [-0.3, -0.25) is 4.79 Å². The average molecular weight is 368 g/mol. The molecule has 3 rings (SSSR count). The lowest BCUT2D eigenvalue weighted by atomic mass is 10.1. The van der Waals surface area contributed by atoms with E-state index < -0.39 is 0 Å². The van der Waals surface area contributed by atoms with Crippen molar-refractivity contribution in [1.82, 2.24) is 4.98 Å². The molecule has 0 aliphatic rings. The molecule has 7 heteroatoms. The van der Waals surface area contributed by atoms with Crippen molar-refractivity contribution in [2.24, 2.45) is 0 Å². The van der Waals surface area contributed by atoms with Crippen LogP contribution in [0.2, 0.25) is 0 Å². The number of rotatable bonds is 4. The van der Waals surface area contributed by atoms with Crippen molar-refractivity contribution in [1.29, 1.82) is 0 Å². The van der Waals surface area contributed by atoms with E-state index in [4.69, 9.17) is 0 Å². The average Bonchev–Trinajstić information content (AvgIpc) is 2.99. The molecule has 0 saturated heterocycles. The Morgan fingerprint density at radius 1 is 0.962 bits per heavy atom. The number of hydrogen-bond donors (Lipinski definition) is 3. The summed E-state index contributed by atoms with van der Waals surface area (Å²) in [6.07, 6.45) is 0.404. The molecule has 0 aliphatic heterocycles. The summed E-state index contributed by atoms with van der Waals surface area (Å²) in [5.41, 5.74) is 4.49. The van der Waals surface area contributed by atoms with Gasteiger partial charge in [0.05, 0.1) is 10.2 Å². The number of nitrogens with one attached hydrogen (secondary N) is 3. The van der Waals surface area contributed by atoms with Gasteiger partial charge < -0.3 is 16.0 Å². The van der Waals surface area contributed by atoms with Crippen LogP contribution in [0.25, 0.3) is 10.2 Å². The van der Waals surface area contributed by atoms with Gasteiger partial charge in [-0.15, -0.1) is 0 Å². The van der Waals surface area contributed by atoms with Gasteiger partial charge in [0.15, 0.2) is 5.13 Å². The lowest BCUT2D eigenvalue weighted by molar-refractivity contribution is -0.115. The second-order valence-electron chi connectivity index (χ2n) is 5.98. The molecule has 0 unspecified atom stereocenters. The first-order valence-corrected chi connectivity index (χ1v) is 9.12. The van der Waals surface area contributed by atoms with Crippen molar-refractivity contribution in [3.8, 4) is 0 Å². The zero-order valence-corrected chi connectivity index (χ0v) is 15.7. The minimum atomic E-state index is -0.309. The highest BCUT2D eigenvalue weighted by atomic mass is 32.1. The summed E-state index contributed by atoms with van der Waals surface area (Å²) in [5.74, 6) is -0.0739. The van der Waals surface area contributed by atoms with Gasteiger partial charge in [-0.25, -0.2) is 9.78 Å². The van der Waals surface area contributed by atoms with Gasteiger partial charge in [0.25, 0.3) is 0 Å². The minimum absolute atomic E-state index is 0.0739. The molecule has 0 fully saturated rings. The number of fused-ring (bicyclic) bond motifs is 1. The number of anilines is 3. The van der Waals surface area contributed by atoms with Crippen LogP contribution in [-0.4, -0.2) is 16.9 Å². The van der Waals surface area contributed by atoms with E-state index in [1.54, 1.807) is 13.0 Å². The Balaban J connectivity index is 1.70. The van der Waals surface area contributed by atoms with E-state index in [2.05, 4.69) is 20.9 Å². The Labute approximate surface area is 155 Å². The van der Waals surface area contributed by atoms with Gasteiger partial charge in [0.1, 0.15) is 0 Å². The molecular weight excluding hydrogens is 348 g/mol. The molecule has 0 bridgehead atoms. The van der Waals surface area contributed by atoms with Crippen molar-refractivity contribution in [3.63, 3.8) is 0 Å². The zero-order valence-electron chi connectivity index (χ0n) is 14.8. The second-order valence-corrected chi connectivity index (χ2v) is 7.01. The van der Waals surface area contributed by atoms with E-state index in [1.165, 1.54) is 16.9 Å². The number of amides is 3. The number of hydrogen-bond acceptors (Lipinski definition) is 4. The van der Waals surface area contributed by atoms with E-state index in [0.717, 1.165) is 21.5 Å². The molecule has 0 spiro atoms. The van der Waals surface area contributed by atoms with Crippen LogP contribution in [0.15, 0.2) is 36.4 Å². The second kappa shape index (κ2) is 7.53. The number of aryl methyl sites for hydroxylation is 2. The fraction of sp³-hybridized carbons (Fsp3) is 0.211. The highest BCUT2D eigenvalue weighted by Gasteiger charge is 2.09. The van der Waals surface area contributed by atoms with Crippen molar-refractivity contribution in [3.05, 3.63) is 47.5 Å². The van der Waals surface area contributed by atoms with Crippen LogP contribution in [0.5, 0.6) is 0 Å². The minimum Gasteiger partial charge on any atom is -0.308 e. The van der Waals surface area contributed by atoms with Gasteiger partial charge in [-0.05, 0) is 55.3 Å². The molecule has 1 aromatic heterocycles. The standard InChI is InChI=1S/C19H20N4O2S/c1-4-17(24)23-19-22-15-8-7-14(10-16(15)26-19)21-18(25)20-13-6-5-11(2)12(3)9-13/h5-10H,4H2,1-3H3,(H2,20,21,25)(H,22,23,24). The number of thiazole rings is 1. The van der Waals surface area contributed by atoms with E-state index in [1.807, 2.05) is 44.2 Å². The molecule has 2 aromatic carbocycles. The Hall–Kier alpha value is -2.93. The van der Waals surface area contributed by atoms with Gasteiger partial charge in [-0.2, -0.15) is 0 Å². The Kier molecular flexibility index (Phi) is 5.18. The summed E-state index contributed by atoms with van der Waals surface area (Å²) < 4.78 is 0.889. The quantitative estimate of drug-likeness (QED) is 0.612. The third-order valence-corrected chi connectivity index (χ3v) is 4.91. The molecular formula is C19H20N4O2S. The molecule has 3 N–H and O–H groups in total.